The molecule has 0 spiro atoms. The van der Waals surface area contributed by atoms with Crippen LogP contribution in [-0.4, -0.2) is 30.8 Å². The van der Waals surface area contributed by atoms with E-state index in [9.17, 15) is 17.6 Å². The summed E-state index contributed by atoms with van der Waals surface area (Å²) in [4.78, 5) is 1.20. The molecule has 0 bridgehead atoms. The van der Waals surface area contributed by atoms with Gasteiger partial charge in [-0.15, -0.1) is 0 Å². The van der Waals surface area contributed by atoms with Crippen molar-refractivity contribution < 1.29 is 22.8 Å². The minimum Gasteiger partial charge on any atom is -0.409 e. The van der Waals surface area contributed by atoms with Crippen LogP contribution in [0.5, 0.6) is 0 Å². The van der Waals surface area contributed by atoms with Gasteiger partial charge in [-0.2, -0.15) is 13.2 Å². The zero-order chi connectivity index (χ0) is 14.6. The van der Waals surface area contributed by atoms with Crippen LogP contribution in [0.1, 0.15) is 12.0 Å². The van der Waals surface area contributed by atoms with Crippen LogP contribution in [0.3, 0.4) is 0 Å². The molecule has 0 heterocycles. The first kappa shape index (κ1) is 15.1. The predicted octanol–water partition coefficient (Wildman–Crippen LogP) is 2.31. The first-order valence-corrected chi connectivity index (χ1v) is 5.30. The average Bonchev–Trinajstić information content (AvgIpc) is 2.33. The number of benzene rings is 1. The summed E-state index contributed by atoms with van der Waals surface area (Å²) in [6.45, 7) is -0.362. The maximum Gasteiger partial charge on any atom is 0.390 e. The summed E-state index contributed by atoms with van der Waals surface area (Å²) >= 11 is 0. The van der Waals surface area contributed by atoms with Gasteiger partial charge in [0, 0.05) is 13.6 Å². The van der Waals surface area contributed by atoms with E-state index in [1.165, 1.54) is 24.1 Å². The summed E-state index contributed by atoms with van der Waals surface area (Å²) in [6.07, 6.45) is -5.35. The number of hydrogen-bond acceptors (Lipinski definition) is 3. The summed E-state index contributed by atoms with van der Waals surface area (Å²) < 4.78 is 50.0. The largest absolute Gasteiger partial charge is 0.409 e. The maximum absolute atomic E-state index is 13.6. The number of hydrogen-bond donors (Lipinski definition) is 2. The Hall–Kier alpha value is -1.99. The van der Waals surface area contributed by atoms with Crippen molar-refractivity contribution in [2.45, 2.75) is 12.6 Å². The molecule has 1 rings (SSSR count). The van der Waals surface area contributed by atoms with E-state index in [4.69, 9.17) is 10.9 Å². The Morgan fingerprint density at radius 1 is 1.42 bits per heavy atom. The molecule has 8 heteroatoms. The Morgan fingerprint density at radius 2 is 2.05 bits per heavy atom. The predicted molar refractivity (Wildman–Crippen MR) is 62.9 cm³/mol. The van der Waals surface area contributed by atoms with Gasteiger partial charge in [0.2, 0.25) is 0 Å². The molecule has 0 amide bonds. The standard InChI is InChI=1S/C11H13F4N3O/c1-18(6-5-11(13,14)15)8-4-2-3-7(12)9(8)10(16)17-19/h2-4,19H,5-6H2,1H3,(H2,16,17). The molecule has 0 radical (unpaired) electrons. The van der Waals surface area contributed by atoms with Gasteiger partial charge in [0.1, 0.15) is 5.82 Å². The Kier molecular flexibility index (Phi) is 4.57. The number of amidine groups is 1. The smallest absolute Gasteiger partial charge is 0.390 e. The van der Waals surface area contributed by atoms with E-state index in [-0.39, 0.29) is 17.8 Å². The van der Waals surface area contributed by atoms with Gasteiger partial charge in [-0.05, 0) is 12.1 Å². The van der Waals surface area contributed by atoms with Gasteiger partial charge in [-0.1, -0.05) is 11.2 Å². The van der Waals surface area contributed by atoms with Crippen molar-refractivity contribution in [3.05, 3.63) is 29.6 Å². The van der Waals surface area contributed by atoms with Crippen molar-refractivity contribution >= 4 is 11.5 Å². The minimum absolute atomic E-state index is 0.125. The average molecular weight is 279 g/mol. The van der Waals surface area contributed by atoms with E-state index in [1.807, 2.05) is 0 Å². The van der Waals surface area contributed by atoms with Crippen molar-refractivity contribution in [2.24, 2.45) is 10.9 Å². The Morgan fingerprint density at radius 3 is 2.58 bits per heavy atom. The maximum atomic E-state index is 13.6. The van der Waals surface area contributed by atoms with Gasteiger partial charge in [-0.25, -0.2) is 4.39 Å². The number of nitrogens with zero attached hydrogens (tertiary/aromatic N) is 2. The first-order valence-electron chi connectivity index (χ1n) is 5.30. The second-order valence-electron chi connectivity index (χ2n) is 3.91. The fraction of sp³-hybridized carbons (Fsp3) is 0.364. The van der Waals surface area contributed by atoms with Gasteiger partial charge in [-0.3, -0.25) is 0 Å². The van der Waals surface area contributed by atoms with Crippen LogP contribution < -0.4 is 10.6 Å². The van der Waals surface area contributed by atoms with E-state index in [0.717, 1.165) is 6.07 Å². The number of anilines is 1. The first-order chi connectivity index (χ1) is 8.76. The molecular weight excluding hydrogens is 266 g/mol. The fourth-order valence-corrected chi connectivity index (χ4v) is 1.55. The normalized spacial score (nSPS) is 12.6. The van der Waals surface area contributed by atoms with Crippen LogP contribution in [0.4, 0.5) is 23.2 Å². The Bertz CT molecular complexity index is 473. The molecule has 0 unspecified atom stereocenters. The highest BCUT2D eigenvalue weighted by molar-refractivity contribution is 6.02. The zero-order valence-corrected chi connectivity index (χ0v) is 10.1. The van der Waals surface area contributed by atoms with Crippen LogP contribution in [-0.2, 0) is 0 Å². The summed E-state index contributed by atoms with van der Waals surface area (Å²) in [5.41, 5.74) is 5.22. The fourth-order valence-electron chi connectivity index (χ4n) is 1.55. The molecule has 19 heavy (non-hydrogen) atoms. The molecule has 0 atom stereocenters. The molecule has 4 nitrogen and oxygen atoms in total. The third kappa shape index (κ3) is 4.01. The molecule has 3 N–H and O–H groups in total. The van der Waals surface area contributed by atoms with Gasteiger partial charge < -0.3 is 15.8 Å². The summed E-state index contributed by atoms with van der Waals surface area (Å²) in [7, 11) is 1.37. The lowest BCUT2D eigenvalue weighted by atomic mass is 10.1. The molecule has 0 aliphatic carbocycles. The summed E-state index contributed by atoms with van der Waals surface area (Å²) in [5, 5.41) is 11.3. The minimum atomic E-state index is -4.31. The lowest BCUT2D eigenvalue weighted by Gasteiger charge is -2.22. The van der Waals surface area contributed by atoms with Crippen LogP contribution >= 0.6 is 0 Å². The lowest BCUT2D eigenvalue weighted by Crippen LogP contribution is -2.27. The molecule has 0 aliphatic heterocycles. The molecule has 0 saturated heterocycles. The Labute approximate surface area is 107 Å². The Balaban J connectivity index is 3.03. The monoisotopic (exact) mass is 279 g/mol. The van der Waals surface area contributed by atoms with E-state index in [0.29, 0.717) is 0 Å². The summed E-state index contributed by atoms with van der Waals surface area (Å²) in [6, 6.07) is 3.81. The zero-order valence-electron chi connectivity index (χ0n) is 10.1. The van der Waals surface area contributed by atoms with Crippen LogP contribution in [0.25, 0.3) is 0 Å². The lowest BCUT2D eigenvalue weighted by molar-refractivity contribution is -0.132. The highest BCUT2D eigenvalue weighted by Crippen LogP contribution is 2.25. The quantitative estimate of drug-likeness (QED) is 0.292. The molecule has 0 saturated carbocycles. The van der Waals surface area contributed by atoms with Crippen molar-refractivity contribution in [1.82, 2.24) is 0 Å². The molecule has 0 aliphatic rings. The summed E-state index contributed by atoms with van der Waals surface area (Å²) in [5.74, 6) is -1.27. The van der Waals surface area contributed by atoms with Crippen LogP contribution in [0, 0.1) is 5.82 Å². The van der Waals surface area contributed by atoms with Crippen molar-refractivity contribution in [3.63, 3.8) is 0 Å². The van der Waals surface area contributed by atoms with Gasteiger partial charge in [0.05, 0.1) is 17.7 Å². The van der Waals surface area contributed by atoms with Gasteiger partial charge in [0.15, 0.2) is 5.84 Å². The highest BCUT2D eigenvalue weighted by Gasteiger charge is 2.28. The molecule has 106 valence electrons. The van der Waals surface area contributed by atoms with Crippen LogP contribution in [0.15, 0.2) is 23.4 Å². The number of alkyl halides is 3. The van der Waals surface area contributed by atoms with E-state index in [1.54, 1.807) is 0 Å². The second kappa shape index (κ2) is 5.77. The SMILES string of the molecule is CN(CCC(F)(F)F)c1cccc(F)c1C(N)=NO. The number of halogens is 4. The molecule has 1 aromatic rings. The van der Waals surface area contributed by atoms with Crippen molar-refractivity contribution in [3.8, 4) is 0 Å². The van der Waals surface area contributed by atoms with Gasteiger partial charge >= 0.3 is 6.18 Å². The molecular formula is C11H13F4N3O. The van der Waals surface area contributed by atoms with Crippen molar-refractivity contribution in [1.29, 1.82) is 0 Å². The van der Waals surface area contributed by atoms with E-state index in [2.05, 4.69) is 5.16 Å². The number of oxime groups is 1. The van der Waals surface area contributed by atoms with E-state index >= 15 is 0 Å². The molecule has 0 fully saturated rings. The van der Waals surface area contributed by atoms with Crippen LogP contribution in [0.2, 0.25) is 0 Å². The third-order valence-corrected chi connectivity index (χ3v) is 2.50. The van der Waals surface area contributed by atoms with Crippen molar-refractivity contribution in [2.75, 3.05) is 18.5 Å². The number of rotatable bonds is 4. The molecule has 1 aromatic carbocycles. The highest BCUT2D eigenvalue weighted by atomic mass is 19.4. The third-order valence-electron chi connectivity index (χ3n) is 2.50. The molecule has 0 aromatic heterocycles. The van der Waals surface area contributed by atoms with E-state index < -0.39 is 24.2 Å². The second-order valence-corrected chi connectivity index (χ2v) is 3.91. The topological polar surface area (TPSA) is 61.8 Å². The van der Waals surface area contributed by atoms with Gasteiger partial charge in [0.25, 0.3) is 0 Å². The number of nitrogens with two attached hydrogens (primary N) is 1.